The molecule has 3 aromatic rings. The number of methoxy groups -OCH3 is 2. The van der Waals surface area contributed by atoms with Crippen LogP contribution in [0.3, 0.4) is 0 Å². The number of carbonyl (C=O) groups is 1. The Labute approximate surface area is 164 Å². The number of hydrogen-bond acceptors (Lipinski definition) is 9. The van der Waals surface area contributed by atoms with Crippen molar-refractivity contribution in [2.45, 2.75) is 5.03 Å². The number of benzene rings is 1. The maximum Gasteiger partial charge on any atom is 0.234 e. The number of thioether (sulfide) groups is 1. The van der Waals surface area contributed by atoms with E-state index in [0.717, 1.165) is 14.9 Å². The number of anilines is 2. The van der Waals surface area contributed by atoms with Crippen LogP contribution in [0.4, 0.5) is 10.8 Å². The maximum atomic E-state index is 12.4. The fourth-order valence-corrected chi connectivity index (χ4v) is 4.04. The number of thiazole rings is 1. The number of hydrogen-bond donors (Lipinski definition) is 1. The van der Waals surface area contributed by atoms with Gasteiger partial charge in [-0.15, -0.1) is 0 Å². The summed E-state index contributed by atoms with van der Waals surface area (Å²) in [6.07, 6.45) is 1.47. The highest BCUT2D eigenvalue weighted by Gasteiger charge is 2.14. The largest absolute Gasteiger partial charge is 0.497 e. The van der Waals surface area contributed by atoms with Crippen molar-refractivity contribution in [3.8, 4) is 11.5 Å². The first-order valence-electron chi connectivity index (χ1n) is 7.94. The number of fused-ring (bicyclic) bond motifs is 1. The molecule has 2 heterocycles. The molecule has 10 heteroatoms. The van der Waals surface area contributed by atoms with E-state index >= 15 is 0 Å². The van der Waals surface area contributed by atoms with E-state index in [4.69, 9.17) is 9.47 Å². The van der Waals surface area contributed by atoms with Crippen molar-refractivity contribution in [3.63, 3.8) is 0 Å². The number of carbonyl (C=O) groups excluding carboxylic acids is 1. The summed E-state index contributed by atoms with van der Waals surface area (Å²) in [6, 6.07) is 5.22. The molecule has 1 aromatic carbocycles. The van der Waals surface area contributed by atoms with Crippen LogP contribution in [0.2, 0.25) is 0 Å². The minimum atomic E-state index is -0.153. The lowest BCUT2D eigenvalue weighted by atomic mass is 10.2. The van der Waals surface area contributed by atoms with E-state index in [9.17, 15) is 4.79 Å². The second kappa shape index (κ2) is 8.40. The average Bonchev–Trinajstić information content (AvgIpc) is 3.11. The molecular weight excluding hydrogens is 386 g/mol. The van der Waals surface area contributed by atoms with Crippen molar-refractivity contribution in [2.75, 3.05) is 44.3 Å². The molecule has 0 saturated heterocycles. The molecule has 0 aliphatic heterocycles. The van der Waals surface area contributed by atoms with Crippen molar-refractivity contribution in [2.24, 2.45) is 0 Å². The third kappa shape index (κ3) is 4.58. The Morgan fingerprint density at radius 2 is 1.89 bits per heavy atom. The van der Waals surface area contributed by atoms with Crippen LogP contribution < -0.4 is 19.7 Å². The van der Waals surface area contributed by atoms with Gasteiger partial charge >= 0.3 is 0 Å². The van der Waals surface area contributed by atoms with Crippen LogP contribution in [0.5, 0.6) is 11.5 Å². The Morgan fingerprint density at radius 1 is 1.19 bits per heavy atom. The van der Waals surface area contributed by atoms with E-state index in [1.54, 1.807) is 32.4 Å². The topological polar surface area (TPSA) is 89.5 Å². The number of aromatic nitrogens is 3. The number of nitrogens with one attached hydrogen (secondary N) is 1. The van der Waals surface area contributed by atoms with Crippen molar-refractivity contribution < 1.29 is 14.3 Å². The molecule has 8 nitrogen and oxygen atoms in total. The van der Waals surface area contributed by atoms with Crippen molar-refractivity contribution >= 4 is 50.2 Å². The van der Waals surface area contributed by atoms with Crippen LogP contribution in [-0.4, -0.2) is 54.9 Å². The van der Waals surface area contributed by atoms with E-state index in [1.807, 2.05) is 19.0 Å². The summed E-state index contributed by atoms with van der Waals surface area (Å²) in [4.78, 5) is 27.2. The molecule has 3 rings (SSSR count). The second-order valence-corrected chi connectivity index (χ2v) is 7.60. The molecule has 0 spiro atoms. The lowest BCUT2D eigenvalue weighted by Crippen LogP contribution is -2.14. The molecule has 0 fully saturated rings. The first kappa shape index (κ1) is 19.2. The molecular formula is C17H19N5O3S2. The summed E-state index contributed by atoms with van der Waals surface area (Å²) in [7, 11) is 6.98. The van der Waals surface area contributed by atoms with Gasteiger partial charge in [-0.1, -0.05) is 23.1 Å². The molecule has 2 aromatic heterocycles. The quantitative estimate of drug-likeness (QED) is 0.474. The van der Waals surface area contributed by atoms with Crippen LogP contribution in [0.1, 0.15) is 0 Å². The first-order valence-corrected chi connectivity index (χ1v) is 9.75. The Kier molecular flexibility index (Phi) is 5.97. The van der Waals surface area contributed by atoms with Crippen LogP contribution in [0, 0.1) is 0 Å². The average molecular weight is 406 g/mol. The molecule has 0 saturated carbocycles. The van der Waals surface area contributed by atoms with Gasteiger partial charge in [-0.05, 0) is 0 Å². The molecule has 0 aliphatic carbocycles. The fourth-order valence-electron chi connectivity index (χ4n) is 2.23. The van der Waals surface area contributed by atoms with E-state index in [0.29, 0.717) is 22.8 Å². The third-order valence-corrected chi connectivity index (χ3v) is 5.84. The number of amides is 1. The van der Waals surface area contributed by atoms with Crippen LogP contribution in [0.25, 0.3) is 10.3 Å². The summed E-state index contributed by atoms with van der Waals surface area (Å²) in [5.74, 6) is 1.27. The summed E-state index contributed by atoms with van der Waals surface area (Å²) in [5, 5.41) is 4.44. The van der Waals surface area contributed by atoms with Crippen molar-refractivity contribution in [1.82, 2.24) is 15.0 Å². The van der Waals surface area contributed by atoms with Gasteiger partial charge in [0.1, 0.15) is 27.6 Å². The Balaban J connectivity index is 1.70. The van der Waals surface area contributed by atoms with Gasteiger partial charge in [0.2, 0.25) is 5.91 Å². The van der Waals surface area contributed by atoms with Gasteiger partial charge in [0, 0.05) is 38.0 Å². The Morgan fingerprint density at radius 3 is 2.52 bits per heavy atom. The van der Waals surface area contributed by atoms with E-state index in [2.05, 4.69) is 20.3 Å². The molecule has 0 atom stereocenters. The van der Waals surface area contributed by atoms with Gasteiger partial charge < -0.3 is 19.7 Å². The van der Waals surface area contributed by atoms with Crippen LogP contribution in [0.15, 0.2) is 29.6 Å². The molecule has 1 amide bonds. The zero-order valence-corrected chi connectivity index (χ0v) is 17.0. The number of rotatable bonds is 7. The van der Waals surface area contributed by atoms with Gasteiger partial charge in [0.05, 0.1) is 20.0 Å². The van der Waals surface area contributed by atoms with Gasteiger partial charge in [-0.3, -0.25) is 4.79 Å². The molecule has 0 aliphatic rings. The molecule has 0 radical (unpaired) electrons. The van der Waals surface area contributed by atoms with E-state index in [1.165, 1.54) is 29.4 Å². The molecule has 0 unspecified atom stereocenters. The normalized spacial score (nSPS) is 10.7. The highest BCUT2D eigenvalue weighted by atomic mass is 32.2. The molecule has 142 valence electrons. The summed E-state index contributed by atoms with van der Waals surface area (Å²) in [6.45, 7) is 0. The fraction of sp³-hybridized carbons (Fsp3) is 0.294. The monoisotopic (exact) mass is 405 g/mol. The SMILES string of the molecule is COc1cc(NC(=O)CSc2ncnc3nc(N(C)C)sc23)cc(OC)c1. The first-order chi connectivity index (χ1) is 13.0. The van der Waals surface area contributed by atoms with E-state index < -0.39 is 0 Å². The smallest absolute Gasteiger partial charge is 0.234 e. The Hall–Kier alpha value is -2.59. The third-order valence-electron chi connectivity index (χ3n) is 3.50. The predicted molar refractivity (Wildman–Crippen MR) is 108 cm³/mol. The Bertz CT molecular complexity index is 939. The lowest BCUT2D eigenvalue weighted by molar-refractivity contribution is -0.113. The van der Waals surface area contributed by atoms with E-state index in [-0.39, 0.29) is 11.7 Å². The van der Waals surface area contributed by atoms with Gasteiger partial charge in [0.25, 0.3) is 0 Å². The zero-order valence-electron chi connectivity index (χ0n) is 15.3. The number of ether oxygens (including phenoxy) is 2. The standard InChI is InChI=1S/C17H19N5O3S2/c1-22(2)17-21-15-14(27-17)16(19-9-18-15)26-8-13(23)20-10-5-11(24-3)7-12(6-10)25-4/h5-7,9H,8H2,1-4H3,(H,20,23). The summed E-state index contributed by atoms with van der Waals surface area (Å²) < 4.78 is 11.3. The number of nitrogens with zero attached hydrogens (tertiary/aromatic N) is 4. The highest BCUT2D eigenvalue weighted by Crippen LogP contribution is 2.33. The molecule has 27 heavy (non-hydrogen) atoms. The van der Waals surface area contributed by atoms with Gasteiger partial charge in [-0.2, -0.15) is 4.98 Å². The molecule has 0 bridgehead atoms. The van der Waals surface area contributed by atoms with Crippen molar-refractivity contribution in [3.05, 3.63) is 24.5 Å². The summed E-state index contributed by atoms with van der Waals surface area (Å²) >= 11 is 2.85. The second-order valence-electron chi connectivity index (χ2n) is 5.66. The van der Waals surface area contributed by atoms with Gasteiger partial charge in [0.15, 0.2) is 10.8 Å². The maximum absolute atomic E-state index is 12.4. The zero-order chi connectivity index (χ0) is 19.4. The highest BCUT2D eigenvalue weighted by molar-refractivity contribution is 8.00. The minimum Gasteiger partial charge on any atom is -0.497 e. The van der Waals surface area contributed by atoms with Crippen LogP contribution in [-0.2, 0) is 4.79 Å². The van der Waals surface area contributed by atoms with Crippen molar-refractivity contribution in [1.29, 1.82) is 0 Å². The van der Waals surface area contributed by atoms with Gasteiger partial charge in [-0.25, -0.2) is 9.97 Å². The molecule has 1 N–H and O–H groups in total. The predicted octanol–water partition coefficient (Wildman–Crippen LogP) is 2.90. The lowest BCUT2D eigenvalue weighted by Gasteiger charge is -2.09. The minimum absolute atomic E-state index is 0.153. The summed E-state index contributed by atoms with van der Waals surface area (Å²) in [5.41, 5.74) is 1.25. The van der Waals surface area contributed by atoms with Crippen LogP contribution >= 0.6 is 23.1 Å².